The molecule has 3 aromatic carbocycles. The zero-order chi connectivity index (χ0) is 23.8. The quantitative estimate of drug-likeness (QED) is 0.258. The number of carbonyl (C=O) groups excluding carboxylic acids is 2. The van der Waals surface area contributed by atoms with Crippen molar-refractivity contribution in [3.05, 3.63) is 99.4 Å². The van der Waals surface area contributed by atoms with Crippen molar-refractivity contribution < 1.29 is 18.9 Å². The van der Waals surface area contributed by atoms with Crippen molar-refractivity contribution in [1.82, 2.24) is 5.32 Å². The van der Waals surface area contributed by atoms with E-state index >= 15 is 0 Å². The van der Waals surface area contributed by atoms with Crippen LogP contribution in [0, 0.1) is 22.9 Å². The lowest BCUT2D eigenvalue weighted by Crippen LogP contribution is -2.30. The summed E-state index contributed by atoms with van der Waals surface area (Å²) in [4.78, 5) is 35.6. The van der Waals surface area contributed by atoms with Crippen LogP contribution in [-0.2, 0) is 11.2 Å². The SMILES string of the molecule is Cc1ccc(CCNCC(=O)Nc2ccc([N+](=O)[O-])cc2C(=O)Nc2ccccc2F)cc1. The Morgan fingerprint density at radius 2 is 1.70 bits per heavy atom. The maximum Gasteiger partial charge on any atom is 0.270 e. The molecule has 3 N–H and O–H groups in total. The maximum atomic E-state index is 13.9. The minimum absolute atomic E-state index is 0.0166. The molecule has 2 amide bonds. The van der Waals surface area contributed by atoms with Crippen LogP contribution in [0.15, 0.2) is 66.7 Å². The number of hydrogen-bond donors (Lipinski definition) is 3. The molecular formula is C24H23FN4O4. The summed E-state index contributed by atoms with van der Waals surface area (Å²) in [5.41, 5.74) is 1.83. The Hall–Kier alpha value is -4.11. The highest BCUT2D eigenvalue weighted by Crippen LogP contribution is 2.24. The van der Waals surface area contributed by atoms with Crippen molar-refractivity contribution in [2.45, 2.75) is 13.3 Å². The van der Waals surface area contributed by atoms with Gasteiger partial charge in [0, 0.05) is 12.1 Å². The Labute approximate surface area is 190 Å². The van der Waals surface area contributed by atoms with E-state index < -0.39 is 22.6 Å². The van der Waals surface area contributed by atoms with E-state index in [1.165, 1.54) is 42.0 Å². The average Bonchev–Trinajstić information content (AvgIpc) is 2.79. The summed E-state index contributed by atoms with van der Waals surface area (Å²) < 4.78 is 13.9. The fourth-order valence-corrected chi connectivity index (χ4v) is 3.08. The van der Waals surface area contributed by atoms with E-state index in [1.54, 1.807) is 0 Å². The topological polar surface area (TPSA) is 113 Å². The molecule has 0 saturated heterocycles. The second-order valence-corrected chi connectivity index (χ2v) is 7.38. The third-order valence-corrected chi connectivity index (χ3v) is 4.85. The molecule has 0 spiro atoms. The number of halogens is 1. The second kappa shape index (κ2) is 11.0. The number of rotatable bonds is 9. The van der Waals surface area contributed by atoms with Gasteiger partial charge in [0.25, 0.3) is 11.6 Å². The number of nitro benzene ring substituents is 1. The van der Waals surface area contributed by atoms with Crippen LogP contribution in [0.25, 0.3) is 0 Å². The minimum Gasteiger partial charge on any atom is -0.324 e. The summed E-state index contributed by atoms with van der Waals surface area (Å²) in [6, 6.07) is 17.1. The molecule has 0 atom stereocenters. The molecular weight excluding hydrogens is 427 g/mol. The Bertz CT molecular complexity index is 1170. The van der Waals surface area contributed by atoms with Crippen LogP contribution in [0.5, 0.6) is 0 Å². The number of benzene rings is 3. The molecule has 0 aromatic heterocycles. The summed E-state index contributed by atoms with van der Waals surface area (Å²) in [6.07, 6.45) is 0.737. The number of aryl methyl sites for hydroxylation is 1. The van der Waals surface area contributed by atoms with Crippen LogP contribution >= 0.6 is 0 Å². The first-order valence-electron chi connectivity index (χ1n) is 10.2. The third kappa shape index (κ3) is 6.68. The van der Waals surface area contributed by atoms with Crippen molar-refractivity contribution in [3.8, 4) is 0 Å². The molecule has 0 heterocycles. The Kier molecular flexibility index (Phi) is 7.82. The number of hydrogen-bond acceptors (Lipinski definition) is 5. The van der Waals surface area contributed by atoms with E-state index in [0.717, 1.165) is 18.1 Å². The summed E-state index contributed by atoms with van der Waals surface area (Å²) in [5.74, 6) is -1.86. The van der Waals surface area contributed by atoms with Crippen molar-refractivity contribution in [3.63, 3.8) is 0 Å². The number of nitro groups is 1. The Morgan fingerprint density at radius 1 is 0.970 bits per heavy atom. The lowest BCUT2D eigenvalue weighted by Gasteiger charge is -2.12. The number of nitrogens with zero attached hydrogens (tertiary/aromatic N) is 1. The first-order chi connectivity index (χ1) is 15.8. The third-order valence-electron chi connectivity index (χ3n) is 4.85. The van der Waals surface area contributed by atoms with Gasteiger partial charge in [0.1, 0.15) is 5.82 Å². The van der Waals surface area contributed by atoms with Crippen molar-refractivity contribution in [1.29, 1.82) is 0 Å². The van der Waals surface area contributed by atoms with Crippen LogP contribution < -0.4 is 16.0 Å². The predicted octanol–water partition coefficient (Wildman–Crippen LogP) is 4.07. The van der Waals surface area contributed by atoms with E-state index in [1.807, 2.05) is 31.2 Å². The molecule has 9 heteroatoms. The first kappa shape index (κ1) is 23.6. The van der Waals surface area contributed by atoms with Crippen LogP contribution in [0.2, 0.25) is 0 Å². The molecule has 0 aliphatic heterocycles. The number of para-hydroxylation sites is 1. The van der Waals surface area contributed by atoms with Gasteiger partial charge in [-0.1, -0.05) is 42.0 Å². The van der Waals surface area contributed by atoms with E-state index in [9.17, 15) is 24.1 Å². The first-order valence-corrected chi connectivity index (χ1v) is 10.2. The van der Waals surface area contributed by atoms with Crippen LogP contribution in [0.1, 0.15) is 21.5 Å². The molecule has 33 heavy (non-hydrogen) atoms. The molecule has 3 rings (SSSR count). The number of anilines is 2. The monoisotopic (exact) mass is 450 g/mol. The predicted molar refractivity (Wildman–Crippen MR) is 124 cm³/mol. The Morgan fingerprint density at radius 3 is 2.39 bits per heavy atom. The summed E-state index contributed by atoms with van der Waals surface area (Å²) in [6.45, 7) is 2.56. The van der Waals surface area contributed by atoms with Gasteiger partial charge in [-0.25, -0.2) is 4.39 Å². The highest BCUT2D eigenvalue weighted by Gasteiger charge is 2.19. The fourth-order valence-electron chi connectivity index (χ4n) is 3.08. The van der Waals surface area contributed by atoms with Gasteiger partial charge in [-0.3, -0.25) is 19.7 Å². The molecule has 0 bridgehead atoms. The molecule has 8 nitrogen and oxygen atoms in total. The summed E-state index contributed by atoms with van der Waals surface area (Å²) in [7, 11) is 0. The number of amides is 2. The number of carbonyl (C=O) groups is 2. The average molecular weight is 450 g/mol. The lowest BCUT2D eigenvalue weighted by atomic mass is 10.1. The van der Waals surface area contributed by atoms with Crippen molar-refractivity contribution in [2.24, 2.45) is 0 Å². The number of non-ortho nitro benzene ring substituents is 1. The van der Waals surface area contributed by atoms with Crippen LogP contribution in [0.3, 0.4) is 0 Å². The van der Waals surface area contributed by atoms with Crippen molar-refractivity contribution >= 4 is 28.9 Å². The van der Waals surface area contributed by atoms with E-state index in [2.05, 4.69) is 16.0 Å². The summed E-state index contributed by atoms with van der Waals surface area (Å²) in [5, 5.41) is 19.1. The van der Waals surface area contributed by atoms with E-state index in [4.69, 9.17) is 0 Å². The number of nitrogens with one attached hydrogen (secondary N) is 3. The van der Waals surface area contributed by atoms with Gasteiger partial charge in [0.05, 0.1) is 28.4 Å². The highest BCUT2D eigenvalue weighted by molar-refractivity contribution is 6.10. The Balaban J connectivity index is 1.65. The molecule has 0 aliphatic carbocycles. The molecule has 170 valence electrons. The van der Waals surface area contributed by atoms with Crippen molar-refractivity contribution in [2.75, 3.05) is 23.7 Å². The lowest BCUT2D eigenvalue weighted by molar-refractivity contribution is -0.384. The zero-order valence-corrected chi connectivity index (χ0v) is 17.9. The van der Waals surface area contributed by atoms with Gasteiger partial charge in [-0.15, -0.1) is 0 Å². The standard InChI is InChI=1S/C24H23FN4O4/c1-16-6-8-17(9-7-16)12-13-26-15-23(30)27-21-11-10-18(29(32)33)14-19(21)24(31)28-22-5-3-2-4-20(22)25/h2-11,14,26H,12-13,15H2,1H3,(H,27,30)(H,28,31). The van der Waals surface area contributed by atoms with Gasteiger partial charge in [0.15, 0.2) is 0 Å². The minimum atomic E-state index is -0.786. The second-order valence-electron chi connectivity index (χ2n) is 7.38. The van der Waals surface area contributed by atoms with Crippen LogP contribution in [-0.4, -0.2) is 29.8 Å². The van der Waals surface area contributed by atoms with Gasteiger partial charge in [-0.2, -0.15) is 0 Å². The smallest absolute Gasteiger partial charge is 0.270 e. The largest absolute Gasteiger partial charge is 0.324 e. The molecule has 0 unspecified atom stereocenters. The molecule has 0 saturated carbocycles. The van der Waals surface area contributed by atoms with Gasteiger partial charge in [0.2, 0.25) is 5.91 Å². The van der Waals surface area contributed by atoms with Crippen LogP contribution in [0.4, 0.5) is 21.5 Å². The molecule has 0 radical (unpaired) electrons. The maximum absolute atomic E-state index is 13.9. The molecule has 3 aromatic rings. The molecule has 0 aliphatic rings. The fraction of sp³-hybridized carbons (Fsp3) is 0.167. The van der Waals surface area contributed by atoms with Gasteiger partial charge < -0.3 is 16.0 Å². The molecule has 0 fully saturated rings. The van der Waals surface area contributed by atoms with E-state index in [0.29, 0.717) is 6.54 Å². The summed E-state index contributed by atoms with van der Waals surface area (Å²) >= 11 is 0. The normalized spacial score (nSPS) is 10.5. The van der Waals surface area contributed by atoms with Gasteiger partial charge in [-0.05, 0) is 43.7 Å². The van der Waals surface area contributed by atoms with E-state index in [-0.39, 0.29) is 29.2 Å². The zero-order valence-electron chi connectivity index (χ0n) is 17.9. The highest BCUT2D eigenvalue weighted by atomic mass is 19.1. The van der Waals surface area contributed by atoms with Gasteiger partial charge >= 0.3 is 0 Å².